The number of carbonyl (C=O) groups is 1. The standard InChI is InChI=1S/C27H25F2N3O3/c1-35-25-6-3-12-30-23(25)15-20(11-13-33)32-27(34)21-4-2-5-22(29)26(21)24-14-18(16-31-24)17-7-9-19(28)10-8-17/h2-10,12,14,20,33H,11,13,15-16H2,1H3,(H,32,34)/t20-/m0/s1. The molecule has 1 aliphatic rings. The molecule has 2 aromatic carbocycles. The first-order valence-electron chi connectivity index (χ1n) is 11.2. The summed E-state index contributed by atoms with van der Waals surface area (Å²) in [6.45, 7) is 0.148. The summed E-state index contributed by atoms with van der Waals surface area (Å²) in [6, 6.07) is 13.3. The van der Waals surface area contributed by atoms with Gasteiger partial charge in [0.15, 0.2) is 0 Å². The van der Waals surface area contributed by atoms with Crippen molar-refractivity contribution in [2.24, 2.45) is 4.99 Å². The molecule has 3 aromatic rings. The number of ether oxygens (including phenoxy) is 1. The van der Waals surface area contributed by atoms with E-state index < -0.39 is 17.8 Å². The quantitative estimate of drug-likeness (QED) is 0.488. The van der Waals surface area contributed by atoms with Crippen molar-refractivity contribution in [2.45, 2.75) is 18.9 Å². The molecule has 0 saturated heterocycles. The van der Waals surface area contributed by atoms with Gasteiger partial charge < -0.3 is 15.2 Å². The molecule has 1 aromatic heterocycles. The summed E-state index contributed by atoms with van der Waals surface area (Å²) in [7, 11) is 1.54. The molecule has 4 rings (SSSR count). The number of carbonyl (C=O) groups excluding carboxylic acids is 1. The maximum atomic E-state index is 15.0. The smallest absolute Gasteiger partial charge is 0.252 e. The van der Waals surface area contributed by atoms with Gasteiger partial charge in [0.05, 0.1) is 30.6 Å². The van der Waals surface area contributed by atoms with Gasteiger partial charge in [0.1, 0.15) is 17.4 Å². The number of nitrogens with one attached hydrogen (secondary N) is 1. The SMILES string of the molecule is COc1cccnc1C[C@H](CCO)NC(=O)c1cccc(F)c1C1=NCC(c2ccc(F)cc2)=C1. The second-order valence-electron chi connectivity index (χ2n) is 8.08. The maximum absolute atomic E-state index is 15.0. The number of rotatable bonds is 9. The topological polar surface area (TPSA) is 83.8 Å². The molecule has 2 N–H and O–H groups in total. The molecule has 0 radical (unpaired) electrons. The Labute approximate surface area is 202 Å². The van der Waals surface area contributed by atoms with E-state index in [0.29, 0.717) is 30.1 Å². The minimum absolute atomic E-state index is 0.0975. The van der Waals surface area contributed by atoms with Gasteiger partial charge in [0, 0.05) is 30.8 Å². The molecule has 0 aliphatic carbocycles. The normalized spacial score (nSPS) is 13.7. The highest BCUT2D eigenvalue weighted by Crippen LogP contribution is 2.25. The number of nitrogens with zero attached hydrogens (tertiary/aromatic N) is 2. The van der Waals surface area contributed by atoms with Crippen LogP contribution in [0.1, 0.15) is 33.6 Å². The lowest BCUT2D eigenvalue weighted by Gasteiger charge is -2.20. The first-order valence-corrected chi connectivity index (χ1v) is 11.2. The van der Waals surface area contributed by atoms with Crippen LogP contribution in [0.15, 0.2) is 71.9 Å². The molecule has 1 aliphatic heterocycles. The van der Waals surface area contributed by atoms with Crippen LogP contribution in [0, 0.1) is 11.6 Å². The number of halogens is 2. The van der Waals surface area contributed by atoms with E-state index in [9.17, 15) is 18.7 Å². The van der Waals surface area contributed by atoms with E-state index >= 15 is 0 Å². The lowest BCUT2D eigenvalue weighted by atomic mass is 9.98. The van der Waals surface area contributed by atoms with Crippen molar-refractivity contribution in [2.75, 3.05) is 20.3 Å². The molecule has 8 heteroatoms. The Bertz CT molecular complexity index is 1270. The first-order chi connectivity index (χ1) is 17.0. The molecule has 2 heterocycles. The number of allylic oxidation sites excluding steroid dienone is 1. The van der Waals surface area contributed by atoms with Crippen molar-refractivity contribution in [3.8, 4) is 5.75 Å². The van der Waals surface area contributed by atoms with E-state index in [1.165, 1.54) is 37.4 Å². The zero-order chi connectivity index (χ0) is 24.8. The maximum Gasteiger partial charge on any atom is 0.252 e. The number of hydrogen-bond donors (Lipinski definition) is 2. The van der Waals surface area contributed by atoms with Gasteiger partial charge in [0.2, 0.25) is 0 Å². The van der Waals surface area contributed by atoms with Gasteiger partial charge >= 0.3 is 0 Å². The lowest BCUT2D eigenvalue weighted by Crippen LogP contribution is -2.38. The largest absolute Gasteiger partial charge is 0.495 e. The summed E-state index contributed by atoms with van der Waals surface area (Å²) in [6.07, 6.45) is 3.96. The number of hydrogen-bond acceptors (Lipinski definition) is 5. The predicted octanol–water partition coefficient (Wildman–Crippen LogP) is 3.98. The summed E-state index contributed by atoms with van der Waals surface area (Å²) < 4.78 is 33.6. The number of pyridine rings is 1. The number of aliphatic hydroxyl groups is 1. The number of aliphatic imine (C=N–C) groups is 1. The number of methoxy groups -OCH3 is 1. The fourth-order valence-electron chi connectivity index (χ4n) is 4.03. The summed E-state index contributed by atoms with van der Waals surface area (Å²) in [5, 5.41) is 12.4. The van der Waals surface area contributed by atoms with Crippen LogP contribution >= 0.6 is 0 Å². The molecule has 0 spiro atoms. The highest BCUT2D eigenvalue weighted by molar-refractivity contribution is 6.19. The summed E-state index contributed by atoms with van der Waals surface area (Å²) >= 11 is 0. The van der Waals surface area contributed by atoms with Crippen molar-refractivity contribution in [1.29, 1.82) is 0 Å². The van der Waals surface area contributed by atoms with Gasteiger partial charge in [-0.3, -0.25) is 14.8 Å². The van der Waals surface area contributed by atoms with E-state index in [4.69, 9.17) is 4.74 Å². The van der Waals surface area contributed by atoms with Crippen LogP contribution in [0.25, 0.3) is 5.57 Å². The molecular weight excluding hydrogens is 452 g/mol. The Morgan fingerprint density at radius 3 is 2.69 bits per heavy atom. The van der Waals surface area contributed by atoms with Crippen LogP contribution in [0.3, 0.4) is 0 Å². The lowest BCUT2D eigenvalue weighted by molar-refractivity contribution is 0.0929. The molecule has 35 heavy (non-hydrogen) atoms. The third kappa shape index (κ3) is 5.60. The third-order valence-electron chi connectivity index (χ3n) is 5.78. The Balaban J connectivity index is 1.59. The Hall–Kier alpha value is -3.91. The van der Waals surface area contributed by atoms with E-state index in [0.717, 1.165) is 11.1 Å². The van der Waals surface area contributed by atoms with E-state index in [-0.39, 0.29) is 30.0 Å². The Kier molecular flexibility index (Phi) is 7.62. The fraction of sp³-hybridized carbons (Fsp3) is 0.222. The van der Waals surface area contributed by atoms with Crippen molar-refractivity contribution in [3.05, 3.63) is 101 Å². The second-order valence-corrected chi connectivity index (χ2v) is 8.08. The van der Waals surface area contributed by atoms with Gasteiger partial charge in [0.25, 0.3) is 5.91 Å². The van der Waals surface area contributed by atoms with Crippen molar-refractivity contribution in [1.82, 2.24) is 10.3 Å². The number of amides is 1. The van der Waals surface area contributed by atoms with Crippen molar-refractivity contribution in [3.63, 3.8) is 0 Å². The number of benzene rings is 2. The number of aliphatic hydroxyl groups excluding tert-OH is 1. The molecule has 1 amide bonds. The summed E-state index contributed by atoms with van der Waals surface area (Å²) in [5.74, 6) is -0.825. The second kappa shape index (κ2) is 11.0. The van der Waals surface area contributed by atoms with Crippen LogP contribution in [0.4, 0.5) is 8.78 Å². The zero-order valence-corrected chi connectivity index (χ0v) is 19.2. The van der Waals surface area contributed by atoms with Gasteiger partial charge in [-0.2, -0.15) is 0 Å². The zero-order valence-electron chi connectivity index (χ0n) is 19.2. The Morgan fingerprint density at radius 2 is 1.94 bits per heavy atom. The Morgan fingerprint density at radius 1 is 1.14 bits per heavy atom. The monoisotopic (exact) mass is 477 g/mol. The van der Waals surface area contributed by atoms with Gasteiger partial charge in [-0.1, -0.05) is 18.2 Å². The van der Waals surface area contributed by atoms with E-state index in [1.807, 2.05) is 0 Å². The summed E-state index contributed by atoms with van der Waals surface area (Å²) in [4.78, 5) is 22.0. The minimum Gasteiger partial charge on any atom is -0.495 e. The van der Waals surface area contributed by atoms with Crippen LogP contribution in [0.2, 0.25) is 0 Å². The molecule has 0 bridgehead atoms. The molecule has 0 unspecified atom stereocenters. The van der Waals surface area contributed by atoms with Gasteiger partial charge in [-0.25, -0.2) is 8.78 Å². The fourth-order valence-corrected chi connectivity index (χ4v) is 4.03. The van der Waals surface area contributed by atoms with Crippen LogP contribution in [-0.2, 0) is 6.42 Å². The molecule has 1 atom stereocenters. The van der Waals surface area contributed by atoms with Gasteiger partial charge in [-0.05, 0) is 60.0 Å². The molecule has 0 saturated carbocycles. The molecular formula is C27H25F2N3O3. The average Bonchev–Trinajstić information content (AvgIpc) is 3.34. The van der Waals surface area contributed by atoms with E-state index in [2.05, 4.69) is 15.3 Å². The van der Waals surface area contributed by atoms with Crippen LogP contribution in [-0.4, -0.2) is 48.0 Å². The van der Waals surface area contributed by atoms with Crippen LogP contribution < -0.4 is 10.1 Å². The number of aromatic nitrogens is 1. The third-order valence-corrected chi connectivity index (χ3v) is 5.78. The minimum atomic E-state index is -0.571. The van der Waals surface area contributed by atoms with Crippen molar-refractivity contribution >= 4 is 17.2 Å². The average molecular weight is 478 g/mol. The predicted molar refractivity (Wildman–Crippen MR) is 130 cm³/mol. The molecule has 180 valence electrons. The summed E-state index contributed by atoms with van der Waals surface area (Å²) in [5.41, 5.74) is 2.80. The highest BCUT2D eigenvalue weighted by atomic mass is 19.1. The van der Waals surface area contributed by atoms with E-state index in [1.54, 1.807) is 36.5 Å². The van der Waals surface area contributed by atoms with Crippen LogP contribution in [0.5, 0.6) is 5.75 Å². The van der Waals surface area contributed by atoms with Gasteiger partial charge in [-0.15, -0.1) is 0 Å². The first kappa shape index (κ1) is 24.2. The highest BCUT2D eigenvalue weighted by Gasteiger charge is 2.24. The molecule has 6 nitrogen and oxygen atoms in total. The molecule has 0 fully saturated rings. The van der Waals surface area contributed by atoms with Crippen molar-refractivity contribution < 1.29 is 23.4 Å².